The first-order valence-corrected chi connectivity index (χ1v) is 9.87. The normalized spacial score (nSPS) is 16.2. The van der Waals surface area contributed by atoms with E-state index in [9.17, 15) is 14.4 Å². The predicted octanol–water partition coefficient (Wildman–Crippen LogP) is 3.89. The van der Waals surface area contributed by atoms with E-state index < -0.39 is 29.6 Å². The van der Waals surface area contributed by atoms with Crippen LogP contribution in [-0.2, 0) is 24.6 Å². The number of ether oxygens (including phenoxy) is 2. The summed E-state index contributed by atoms with van der Waals surface area (Å²) >= 11 is 0. The van der Waals surface area contributed by atoms with Crippen LogP contribution in [0, 0.1) is 0 Å². The van der Waals surface area contributed by atoms with Crippen molar-refractivity contribution in [2.24, 2.45) is 0 Å². The number of benzene rings is 3. The first-order valence-electron chi connectivity index (χ1n) is 9.87. The molecule has 1 atom stereocenters. The molecule has 0 radical (unpaired) electrons. The molecule has 0 saturated carbocycles. The second-order valence-corrected chi connectivity index (χ2v) is 7.16. The van der Waals surface area contributed by atoms with Crippen LogP contribution in [-0.4, -0.2) is 36.1 Å². The average Bonchev–Trinajstić information content (AvgIpc) is 3.09. The molecule has 1 aliphatic heterocycles. The Morgan fingerprint density at radius 1 is 0.839 bits per heavy atom. The zero-order valence-corrected chi connectivity index (χ0v) is 16.9. The van der Waals surface area contributed by atoms with Crippen LogP contribution in [0.25, 0.3) is 0 Å². The molecule has 0 spiro atoms. The van der Waals surface area contributed by atoms with E-state index >= 15 is 0 Å². The van der Waals surface area contributed by atoms with Crippen LogP contribution in [0.4, 0.5) is 4.79 Å². The third-order valence-corrected chi connectivity index (χ3v) is 5.49. The lowest BCUT2D eigenvalue weighted by Crippen LogP contribution is -2.53. The van der Waals surface area contributed by atoms with E-state index in [4.69, 9.17) is 9.47 Å². The third kappa shape index (κ3) is 3.46. The zero-order valence-electron chi connectivity index (χ0n) is 16.9. The van der Waals surface area contributed by atoms with E-state index in [1.54, 1.807) is 0 Å². The van der Waals surface area contributed by atoms with Gasteiger partial charge in [0.2, 0.25) is 0 Å². The highest BCUT2D eigenvalue weighted by Gasteiger charge is 2.55. The van der Waals surface area contributed by atoms with Gasteiger partial charge in [-0.1, -0.05) is 91.0 Å². The lowest BCUT2D eigenvalue weighted by Gasteiger charge is -2.43. The zero-order chi connectivity index (χ0) is 21.8. The number of esters is 2. The van der Waals surface area contributed by atoms with Crippen molar-refractivity contribution in [3.05, 3.63) is 108 Å². The molecule has 156 valence electrons. The smallest absolute Gasteiger partial charge is 0.419 e. The molecule has 1 saturated heterocycles. The summed E-state index contributed by atoms with van der Waals surface area (Å²) < 4.78 is 9.83. The Kier molecular flexibility index (Phi) is 5.54. The first kappa shape index (κ1) is 20.3. The van der Waals surface area contributed by atoms with Gasteiger partial charge in [-0.3, -0.25) is 9.69 Å². The fraction of sp³-hybridized carbons (Fsp3) is 0.160. The highest BCUT2D eigenvalue weighted by atomic mass is 16.6. The molecule has 0 N–H and O–H groups in total. The molecule has 1 amide bonds. The maximum atomic E-state index is 13.2. The number of hydrogen-bond donors (Lipinski definition) is 0. The highest BCUT2D eigenvalue weighted by Crippen LogP contribution is 2.46. The van der Waals surface area contributed by atoms with Gasteiger partial charge in [0.25, 0.3) is 0 Å². The summed E-state index contributed by atoms with van der Waals surface area (Å²) in [6.07, 6.45) is -1.12. The molecular formula is C25H21NO5. The van der Waals surface area contributed by atoms with E-state index in [0.717, 1.165) is 16.7 Å². The Hall–Kier alpha value is -3.93. The molecule has 1 unspecified atom stereocenters. The lowest BCUT2D eigenvalue weighted by atomic mass is 9.75. The number of nitrogens with zero attached hydrogens (tertiary/aromatic N) is 1. The number of hydrogen-bond acceptors (Lipinski definition) is 5. The van der Waals surface area contributed by atoms with Crippen molar-refractivity contribution < 1.29 is 23.9 Å². The maximum Gasteiger partial charge on any atom is 0.419 e. The van der Waals surface area contributed by atoms with E-state index in [-0.39, 0.29) is 6.42 Å². The lowest BCUT2D eigenvalue weighted by molar-refractivity contribution is -0.146. The Bertz CT molecular complexity index is 986. The minimum absolute atomic E-state index is 0.310. The number of carbonyl (C=O) groups is 3. The van der Waals surface area contributed by atoms with Gasteiger partial charge in [0.1, 0.15) is 11.6 Å². The molecule has 31 heavy (non-hydrogen) atoms. The average molecular weight is 415 g/mol. The summed E-state index contributed by atoms with van der Waals surface area (Å²) in [4.78, 5) is 39.4. The topological polar surface area (TPSA) is 72.9 Å². The summed E-state index contributed by atoms with van der Waals surface area (Å²) in [5, 5.41) is 0. The van der Waals surface area contributed by atoms with Gasteiger partial charge in [-0.05, 0) is 16.7 Å². The molecule has 6 heteroatoms. The summed E-state index contributed by atoms with van der Waals surface area (Å²) in [5.74, 6) is -1.38. The Morgan fingerprint density at radius 2 is 1.26 bits per heavy atom. The molecule has 1 fully saturated rings. The van der Waals surface area contributed by atoms with E-state index in [2.05, 4.69) is 0 Å². The van der Waals surface area contributed by atoms with Crippen molar-refractivity contribution in [3.63, 3.8) is 0 Å². The van der Waals surface area contributed by atoms with Crippen molar-refractivity contribution in [3.8, 4) is 0 Å². The molecular weight excluding hydrogens is 394 g/mol. The van der Waals surface area contributed by atoms with Crippen LogP contribution in [0.15, 0.2) is 91.0 Å². The number of carbonyl (C=O) groups excluding carboxylic acids is 3. The molecule has 0 bridgehead atoms. The quantitative estimate of drug-likeness (QED) is 0.347. The van der Waals surface area contributed by atoms with Gasteiger partial charge in [-0.25, -0.2) is 9.59 Å². The van der Waals surface area contributed by atoms with Gasteiger partial charge in [-0.15, -0.1) is 0 Å². The molecule has 4 rings (SSSR count). The summed E-state index contributed by atoms with van der Waals surface area (Å²) in [6.45, 7) is 0. The summed E-state index contributed by atoms with van der Waals surface area (Å²) in [6, 6.07) is 27.1. The van der Waals surface area contributed by atoms with Crippen LogP contribution in [0.1, 0.15) is 23.1 Å². The van der Waals surface area contributed by atoms with Gasteiger partial charge in [0, 0.05) is 0 Å². The van der Waals surface area contributed by atoms with Crippen LogP contribution in [0.5, 0.6) is 0 Å². The number of rotatable bonds is 6. The second kappa shape index (κ2) is 8.44. The molecule has 3 aromatic carbocycles. The SMILES string of the molecule is COC(=O)CC1C(=O)OC(=O)N1C(c1ccccc1)(c1ccccc1)c1ccccc1. The largest absolute Gasteiger partial charge is 0.469 e. The summed E-state index contributed by atoms with van der Waals surface area (Å²) in [7, 11) is 1.24. The monoisotopic (exact) mass is 415 g/mol. The van der Waals surface area contributed by atoms with Crippen molar-refractivity contribution in [1.29, 1.82) is 0 Å². The van der Waals surface area contributed by atoms with Crippen molar-refractivity contribution >= 4 is 18.0 Å². The van der Waals surface area contributed by atoms with E-state index in [1.807, 2.05) is 91.0 Å². The molecule has 1 aliphatic rings. The molecule has 3 aromatic rings. The van der Waals surface area contributed by atoms with Crippen LogP contribution >= 0.6 is 0 Å². The minimum Gasteiger partial charge on any atom is -0.469 e. The van der Waals surface area contributed by atoms with Crippen molar-refractivity contribution in [2.75, 3.05) is 7.11 Å². The van der Waals surface area contributed by atoms with Gasteiger partial charge in [-0.2, -0.15) is 0 Å². The molecule has 0 aromatic heterocycles. The maximum absolute atomic E-state index is 13.2. The Morgan fingerprint density at radius 3 is 1.65 bits per heavy atom. The highest BCUT2D eigenvalue weighted by molar-refractivity contribution is 5.98. The van der Waals surface area contributed by atoms with Gasteiger partial charge >= 0.3 is 18.0 Å². The second-order valence-electron chi connectivity index (χ2n) is 7.16. The third-order valence-electron chi connectivity index (χ3n) is 5.49. The van der Waals surface area contributed by atoms with Crippen molar-refractivity contribution in [1.82, 2.24) is 4.90 Å². The van der Waals surface area contributed by atoms with Gasteiger partial charge in [0.15, 0.2) is 0 Å². The first-order chi connectivity index (χ1) is 15.1. The summed E-state index contributed by atoms with van der Waals surface area (Å²) in [5.41, 5.74) is 1.07. The van der Waals surface area contributed by atoms with Gasteiger partial charge in [0.05, 0.1) is 13.5 Å². The van der Waals surface area contributed by atoms with Crippen LogP contribution in [0.3, 0.4) is 0 Å². The molecule has 6 nitrogen and oxygen atoms in total. The predicted molar refractivity (Wildman–Crippen MR) is 113 cm³/mol. The van der Waals surface area contributed by atoms with Crippen molar-refractivity contribution in [2.45, 2.75) is 18.0 Å². The Labute approximate surface area is 180 Å². The molecule has 1 heterocycles. The number of methoxy groups -OCH3 is 1. The fourth-order valence-electron chi connectivity index (χ4n) is 4.18. The Balaban J connectivity index is 2.05. The van der Waals surface area contributed by atoms with E-state index in [0.29, 0.717) is 0 Å². The standard InChI is InChI=1S/C25H21NO5/c1-30-22(27)17-21-23(28)31-24(29)26(21)25(18-11-5-2-6-12-18,19-13-7-3-8-14-19)20-15-9-4-10-16-20/h2-16,21H,17H2,1H3. The minimum atomic E-state index is -1.20. The van der Waals surface area contributed by atoms with Crippen LogP contribution in [0.2, 0.25) is 0 Å². The van der Waals surface area contributed by atoms with Gasteiger partial charge < -0.3 is 9.47 Å². The van der Waals surface area contributed by atoms with Crippen LogP contribution < -0.4 is 0 Å². The van der Waals surface area contributed by atoms with E-state index in [1.165, 1.54) is 12.0 Å². The number of amides is 1. The fourth-order valence-corrected chi connectivity index (χ4v) is 4.18. The number of cyclic esters (lactones) is 2. The molecule has 0 aliphatic carbocycles.